The molecule has 0 aromatic carbocycles. The molecule has 1 radical (unpaired) electrons. The van der Waals surface area contributed by atoms with Gasteiger partial charge in [-0.15, -0.1) is 0 Å². The van der Waals surface area contributed by atoms with Crippen LogP contribution in [0.4, 0.5) is 14.1 Å². The molecule has 0 aliphatic heterocycles. The van der Waals surface area contributed by atoms with Crippen LogP contribution in [0.1, 0.15) is 0 Å². The maximum Gasteiger partial charge on any atom is 0 e. The molecule has 0 saturated carbocycles. The molecule has 0 aliphatic rings. The Bertz CT molecular complexity index is 3.25. The molecule has 0 rings (SSSR count). The van der Waals surface area contributed by atoms with Gasteiger partial charge >= 0.3 is 0 Å². The summed E-state index contributed by atoms with van der Waals surface area (Å²) in [6.07, 6.45) is 0. The molecule has 0 fully saturated rings. The van der Waals surface area contributed by atoms with Gasteiger partial charge < -0.3 is 0 Å². The van der Waals surface area contributed by atoms with Crippen molar-refractivity contribution in [3.8, 4) is 0 Å². The molecule has 27 valence electrons. The van der Waals surface area contributed by atoms with Crippen molar-refractivity contribution in [2.75, 3.05) is 0 Å². The molecule has 4 heteroatoms. The van der Waals surface area contributed by atoms with Crippen molar-refractivity contribution in [3.05, 3.63) is 0 Å². The standard InChI is InChI=1S/3FH.Pr/h3*1H;. The van der Waals surface area contributed by atoms with E-state index in [0.29, 0.717) is 0 Å². The Kier molecular flexibility index (Phi) is 518. The van der Waals surface area contributed by atoms with Crippen LogP contribution in [0, 0.1) is 41.3 Å². The van der Waals surface area contributed by atoms with E-state index >= 15 is 0 Å². The number of hydrogen-bond donors (Lipinski definition) is 0. The van der Waals surface area contributed by atoms with Gasteiger partial charge in [0.15, 0.2) is 0 Å². The quantitative estimate of drug-likeness (QED) is 0.533. The van der Waals surface area contributed by atoms with Crippen LogP contribution in [0.3, 0.4) is 0 Å². The van der Waals surface area contributed by atoms with Gasteiger partial charge in [-0.2, -0.15) is 0 Å². The SMILES string of the molecule is F.F.F.[Pr]. The summed E-state index contributed by atoms with van der Waals surface area (Å²) in [6, 6.07) is 0. The number of halogens is 3. The number of rotatable bonds is 0. The molecule has 0 nitrogen and oxygen atoms in total. The second-order valence-corrected chi connectivity index (χ2v) is 0. The van der Waals surface area contributed by atoms with Crippen molar-refractivity contribution in [2.45, 2.75) is 0 Å². The summed E-state index contributed by atoms with van der Waals surface area (Å²) in [6.45, 7) is 0. The topological polar surface area (TPSA) is 0 Å². The molecular formula is H3F3Pr. The van der Waals surface area contributed by atoms with E-state index in [1.165, 1.54) is 0 Å². The minimum Gasteiger partial charge on any atom is -0.269 e. The van der Waals surface area contributed by atoms with Crippen LogP contribution < -0.4 is 0 Å². The van der Waals surface area contributed by atoms with Crippen LogP contribution in [0.2, 0.25) is 0 Å². The number of hydrogen-bond acceptors (Lipinski definition) is 0. The molecule has 0 saturated heterocycles. The van der Waals surface area contributed by atoms with Crippen molar-refractivity contribution >= 4 is 0 Å². The minimum absolute atomic E-state index is 0. The van der Waals surface area contributed by atoms with Gasteiger partial charge in [0, 0.05) is 41.3 Å². The van der Waals surface area contributed by atoms with E-state index in [2.05, 4.69) is 0 Å². The van der Waals surface area contributed by atoms with E-state index in [0.717, 1.165) is 0 Å². The zero-order chi connectivity index (χ0) is 0. The Balaban J connectivity index is 0. The van der Waals surface area contributed by atoms with Crippen LogP contribution in [0.15, 0.2) is 0 Å². The van der Waals surface area contributed by atoms with Crippen molar-refractivity contribution < 1.29 is 55.4 Å². The second kappa shape index (κ2) is 31.0. The zero-order valence-electron chi connectivity index (χ0n) is 1.80. The molecule has 0 unspecified atom stereocenters. The minimum atomic E-state index is 0. The average Bonchev–Trinajstić information content (AvgIpc) is 0. The van der Waals surface area contributed by atoms with E-state index in [4.69, 9.17) is 0 Å². The van der Waals surface area contributed by atoms with Gasteiger partial charge in [-0.1, -0.05) is 0 Å². The van der Waals surface area contributed by atoms with E-state index in [1.54, 1.807) is 0 Å². The van der Waals surface area contributed by atoms with E-state index in [-0.39, 0.29) is 55.4 Å². The van der Waals surface area contributed by atoms with Crippen molar-refractivity contribution in [1.82, 2.24) is 0 Å². The predicted octanol–water partition coefficient (Wildman–Crippen LogP) is 0.458. The molecule has 0 amide bonds. The van der Waals surface area contributed by atoms with Gasteiger partial charge in [0.25, 0.3) is 0 Å². The van der Waals surface area contributed by atoms with Crippen molar-refractivity contribution in [2.24, 2.45) is 0 Å². The van der Waals surface area contributed by atoms with Gasteiger partial charge in [0.1, 0.15) is 0 Å². The summed E-state index contributed by atoms with van der Waals surface area (Å²) in [4.78, 5) is 0. The normalized spacial score (nSPS) is 0. The fraction of sp³-hybridized carbons (Fsp3) is 0. The molecule has 0 bridgehead atoms. The molecule has 0 N–H and O–H groups in total. The fourth-order valence-corrected chi connectivity index (χ4v) is 0. The average molecular weight is 201 g/mol. The Morgan fingerprint density at radius 3 is 0.500 bits per heavy atom. The monoisotopic (exact) mass is 201 g/mol. The molecule has 0 aromatic rings. The van der Waals surface area contributed by atoms with Gasteiger partial charge in [0.05, 0.1) is 0 Å². The first-order chi connectivity index (χ1) is 0. The van der Waals surface area contributed by atoms with E-state index in [1.807, 2.05) is 0 Å². The summed E-state index contributed by atoms with van der Waals surface area (Å²) in [5, 5.41) is 0. The Labute approximate surface area is 55.0 Å². The summed E-state index contributed by atoms with van der Waals surface area (Å²) < 4.78 is 0. The third-order valence-corrected chi connectivity index (χ3v) is 0. The molecule has 4 heavy (non-hydrogen) atoms. The van der Waals surface area contributed by atoms with Crippen LogP contribution in [0.25, 0.3) is 0 Å². The van der Waals surface area contributed by atoms with Crippen LogP contribution in [0.5, 0.6) is 0 Å². The van der Waals surface area contributed by atoms with Gasteiger partial charge in [-0.25, -0.2) is 0 Å². The largest absolute Gasteiger partial charge is 0.269 e. The van der Waals surface area contributed by atoms with E-state index < -0.39 is 0 Å². The van der Waals surface area contributed by atoms with E-state index in [9.17, 15) is 0 Å². The molecule has 0 spiro atoms. The first kappa shape index (κ1) is 66.8. The van der Waals surface area contributed by atoms with Crippen LogP contribution in [-0.4, -0.2) is 0 Å². The summed E-state index contributed by atoms with van der Waals surface area (Å²) in [5.74, 6) is 0. The second-order valence-electron chi connectivity index (χ2n) is 0. The predicted molar refractivity (Wildman–Crippen MR) is 7.51 cm³/mol. The summed E-state index contributed by atoms with van der Waals surface area (Å²) >= 11 is 0. The smallest absolute Gasteiger partial charge is 0 e. The van der Waals surface area contributed by atoms with Gasteiger partial charge in [-0.3, -0.25) is 14.1 Å². The molecule has 0 aliphatic carbocycles. The molecule has 0 heterocycles. The maximum absolute atomic E-state index is 0. The zero-order valence-corrected chi connectivity index (χ0v) is 5.51. The molecular weight excluding hydrogens is 198 g/mol. The summed E-state index contributed by atoms with van der Waals surface area (Å²) in [5.41, 5.74) is 0. The summed E-state index contributed by atoms with van der Waals surface area (Å²) in [7, 11) is 0. The van der Waals surface area contributed by atoms with Crippen molar-refractivity contribution in [3.63, 3.8) is 0 Å². The fourth-order valence-electron chi connectivity index (χ4n) is 0. The Morgan fingerprint density at radius 1 is 0.500 bits per heavy atom. The Hall–Kier alpha value is 1.15. The molecule has 0 atom stereocenters. The third kappa shape index (κ3) is 11.0. The first-order valence-electron chi connectivity index (χ1n) is 0. The maximum atomic E-state index is 0. The van der Waals surface area contributed by atoms with Gasteiger partial charge in [0.2, 0.25) is 0 Å². The molecule has 0 aromatic heterocycles. The first-order valence-corrected chi connectivity index (χ1v) is 0. The Morgan fingerprint density at radius 2 is 0.500 bits per heavy atom. The van der Waals surface area contributed by atoms with Crippen molar-refractivity contribution in [1.29, 1.82) is 0 Å². The van der Waals surface area contributed by atoms with Crippen LogP contribution >= 0.6 is 0 Å². The third-order valence-electron chi connectivity index (χ3n) is 0. The van der Waals surface area contributed by atoms with Crippen LogP contribution in [-0.2, 0) is 0 Å². The van der Waals surface area contributed by atoms with Gasteiger partial charge in [-0.05, 0) is 0 Å².